The number of carbonyl (C=O) groups is 1. The van der Waals surface area contributed by atoms with Crippen molar-refractivity contribution in [2.24, 2.45) is 4.99 Å². The van der Waals surface area contributed by atoms with E-state index < -0.39 is 12.0 Å². The summed E-state index contributed by atoms with van der Waals surface area (Å²) in [7, 11) is 1.58. The van der Waals surface area contributed by atoms with Gasteiger partial charge in [-0.05, 0) is 53.5 Å². The lowest BCUT2D eigenvalue weighted by atomic mass is 9.96. The van der Waals surface area contributed by atoms with E-state index in [1.54, 1.807) is 49.8 Å². The van der Waals surface area contributed by atoms with Gasteiger partial charge in [-0.1, -0.05) is 23.5 Å². The van der Waals surface area contributed by atoms with E-state index >= 15 is 0 Å². The molecule has 1 atom stereocenters. The van der Waals surface area contributed by atoms with Crippen LogP contribution in [-0.2, 0) is 9.53 Å². The summed E-state index contributed by atoms with van der Waals surface area (Å²) in [6.45, 7) is 3.72. The Morgan fingerprint density at radius 3 is 2.69 bits per heavy atom. The zero-order valence-corrected chi connectivity index (χ0v) is 21.9. The number of hydrogen-bond acceptors (Lipinski definition) is 7. The van der Waals surface area contributed by atoms with Crippen LogP contribution in [0.3, 0.4) is 0 Å². The van der Waals surface area contributed by atoms with E-state index in [4.69, 9.17) is 13.9 Å². The van der Waals surface area contributed by atoms with Crippen LogP contribution in [0, 0.1) is 3.77 Å². The van der Waals surface area contributed by atoms with Crippen LogP contribution in [0.5, 0.6) is 5.75 Å². The maximum Gasteiger partial charge on any atom is 0.338 e. The predicted octanol–water partition coefficient (Wildman–Crippen LogP) is 3.77. The molecule has 32 heavy (non-hydrogen) atoms. The molecule has 0 saturated heterocycles. The van der Waals surface area contributed by atoms with E-state index in [9.17, 15) is 9.59 Å². The molecule has 0 fully saturated rings. The molecule has 166 valence electrons. The number of fused-ring (bicyclic) bond motifs is 1. The smallest absolute Gasteiger partial charge is 0.338 e. The number of hydrogen-bond donors (Lipinski definition) is 0. The van der Waals surface area contributed by atoms with Crippen LogP contribution in [0.2, 0.25) is 0 Å². The number of thiazole rings is 1. The van der Waals surface area contributed by atoms with Gasteiger partial charge in [0.25, 0.3) is 5.56 Å². The molecule has 1 aliphatic heterocycles. The second kappa shape index (κ2) is 9.36. The largest absolute Gasteiger partial charge is 0.497 e. The second-order valence-corrected chi connectivity index (χ2v) is 9.69. The summed E-state index contributed by atoms with van der Waals surface area (Å²) in [5, 5.41) is 0. The minimum Gasteiger partial charge on any atom is -0.497 e. The third-order valence-electron chi connectivity index (χ3n) is 4.89. The first-order chi connectivity index (χ1) is 15.3. The highest BCUT2D eigenvalue weighted by Crippen LogP contribution is 2.31. The van der Waals surface area contributed by atoms with Gasteiger partial charge in [0, 0.05) is 28.7 Å². The predicted molar refractivity (Wildman–Crippen MR) is 133 cm³/mol. The van der Waals surface area contributed by atoms with Gasteiger partial charge in [0.2, 0.25) is 0 Å². The van der Waals surface area contributed by atoms with E-state index in [0.29, 0.717) is 35.9 Å². The zero-order valence-electron chi connectivity index (χ0n) is 17.3. The quantitative estimate of drug-likeness (QED) is 0.317. The molecule has 2 aromatic heterocycles. The van der Waals surface area contributed by atoms with Crippen molar-refractivity contribution in [2.45, 2.75) is 19.9 Å². The van der Waals surface area contributed by atoms with Gasteiger partial charge < -0.3 is 13.9 Å². The number of esters is 1. The first-order valence-corrected chi connectivity index (χ1v) is 12.3. The van der Waals surface area contributed by atoms with Gasteiger partial charge in [-0.15, -0.1) is 0 Å². The average Bonchev–Trinajstić information content (AvgIpc) is 3.25. The number of carbonyl (C=O) groups excluding carboxylic acids is 1. The monoisotopic (exact) mass is 628 g/mol. The lowest BCUT2D eigenvalue weighted by Gasteiger charge is -2.24. The van der Waals surface area contributed by atoms with Crippen molar-refractivity contribution in [3.63, 3.8) is 0 Å². The Morgan fingerprint density at radius 1 is 1.38 bits per heavy atom. The highest BCUT2D eigenvalue weighted by molar-refractivity contribution is 14.1. The summed E-state index contributed by atoms with van der Waals surface area (Å²) in [6, 6.07) is 8.41. The molecular formula is C22H18BrIN2O5S. The third kappa shape index (κ3) is 4.23. The Labute approximate surface area is 209 Å². The molecule has 0 bridgehead atoms. The van der Waals surface area contributed by atoms with Gasteiger partial charge >= 0.3 is 5.97 Å². The summed E-state index contributed by atoms with van der Waals surface area (Å²) in [5.41, 5.74) is 1.36. The number of halogens is 2. The lowest BCUT2D eigenvalue weighted by molar-refractivity contribution is -0.139. The summed E-state index contributed by atoms with van der Waals surface area (Å²) in [4.78, 5) is 31.4. The number of allylic oxidation sites excluding steroid dienone is 1. The van der Waals surface area contributed by atoms with E-state index in [1.165, 1.54) is 11.3 Å². The molecule has 4 rings (SSSR count). The Bertz CT molecular complexity index is 1380. The van der Waals surface area contributed by atoms with E-state index in [1.807, 2.05) is 12.1 Å². The van der Waals surface area contributed by atoms with Gasteiger partial charge in [0.15, 0.2) is 8.57 Å². The SMILES string of the molecule is CCOC(=O)C1=C(C)N=c2s/c(=C/c3cc(Br)c(I)o3)c(=O)n2[C@@H]1c1ccc(OC)cc1. The molecule has 0 radical (unpaired) electrons. The van der Waals surface area contributed by atoms with Crippen LogP contribution < -0.4 is 19.6 Å². The number of aromatic nitrogens is 1. The van der Waals surface area contributed by atoms with Crippen molar-refractivity contribution in [1.29, 1.82) is 0 Å². The molecule has 7 nitrogen and oxygen atoms in total. The van der Waals surface area contributed by atoms with Gasteiger partial charge in [0.1, 0.15) is 11.5 Å². The molecule has 3 aromatic rings. The molecule has 0 aliphatic carbocycles. The average molecular weight is 629 g/mol. The Morgan fingerprint density at radius 2 is 2.09 bits per heavy atom. The normalized spacial score (nSPS) is 16.0. The first kappa shape index (κ1) is 23.0. The maximum atomic E-state index is 13.5. The van der Waals surface area contributed by atoms with Crippen LogP contribution in [-0.4, -0.2) is 24.3 Å². The topological polar surface area (TPSA) is 83.0 Å². The van der Waals surface area contributed by atoms with Crippen LogP contribution >= 0.6 is 49.9 Å². The highest BCUT2D eigenvalue weighted by atomic mass is 127. The van der Waals surface area contributed by atoms with Gasteiger partial charge in [-0.25, -0.2) is 9.79 Å². The lowest BCUT2D eigenvalue weighted by Crippen LogP contribution is -2.39. The van der Waals surface area contributed by atoms with E-state index in [2.05, 4.69) is 43.5 Å². The van der Waals surface area contributed by atoms with Crippen molar-refractivity contribution in [3.05, 3.63) is 80.9 Å². The fourth-order valence-electron chi connectivity index (χ4n) is 3.46. The van der Waals surface area contributed by atoms with Crippen molar-refractivity contribution in [2.75, 3.05) is 13.7 Å². The summed E-state index contributed by atoms with van der Waals surface area (Å²) >= 11 is 6.73. The molecule has 1 aliphatic rings. The van der Waals surface area contributed by atoms with Gasteiger partial charge in [-0.2, -0.15) is 0 Å². The molecule has 0 unspecified atom stereocenters. The maximum absolute atomic E-state index is 13.5. The van der Waals surface area contributed by atoms with Crippen molar-refractivity contribution < 1.29 is 18.7 Å². The summed E-state index contributed by atoms with van der Waals surface area (Å²) in [6.07, 6.45) is 1.69. The van der Waals surface area contributed by atoms with Crippen molar-refractivity contribution >= 4 is 61.9 Å². The van der Waals surface area contributed by atoms with Crippen LogP contribution in [0.15, 0.2) is 60.3 Å². The molecule has 3 heterocycles. The Kier molecular flexibility index (Phi) is 6.72. The summed E-state index contributed by atoms with van der Waals surface area (Å²) < 4.78 is 19.7. The fraction of sp³-hybridized carbons (Fsp3) is 0.227. The highest BCUT2D eigenvalue weighted by Gasteiger charge is 2.33. The van der Waals surface area contributed by atoms with E-state index in [0.717, 1.165) is 10.0 Å². The number of benzene rings is 1. The summed E-state index contributed by atoms with van der Waals surface area (Å²) in [5.74, 6) is 0.736. The van der Waals surface area contributed by atoms with Crippen LogP contribution in [0.4, 0.5) is 0 Å². The number of rotatable bonds is 5. The molecule has 0 saturated carbocycles. The minimum absolute atomic E-state index is 0.224. The minimum atomic E-state index is -0.665. The van der Waals surface area contributed by atoms with Gasteiger partial charge in [-0.3, -0.25) is 9.36 Å². The van der Waals surface area contributed by atoms with E-state index in [-0.39, 0.29) is 12.2 Å². The zero-order chi connectivity index (χ0) is 23.0. The van der Waals surface area contributed by atoms with Crippen LogP contribution in [0.25, 0.3) is 6.08 Å². The van der Waals surface area contributed by atoms with Gasteiger partial charge in [0.05, 0.1) is 40.0 Å². The molecule has 10 heteroatoms. The molecule has 0 N–H and O–H groups in total. The Hall–Kier alpha value is -2.18. The second-order valence-electron chi connectivity index (χ2n) is 6.85. The number of nitrogens with zero attached hydrogens (tertiary/aromatic N) is 2. The molecule has 1 aromatic carbocycles. The van der Waals surface area contributed by atoms with Crippen molar-refractivity contribution in [1.82, 2.24) is 4.57 Å². The molecule has 0 amide bonds. The standard InChI is InChI=1S/C22H18BrIN2O5S/c1-4-30-21(28)17-11(2)25-22-26(18(17)12-5-7-13(29-3)8-6-12)20(27)16(32-22)10-14-9-15(23)19(24)31-14/h5-10,18H,4H2,1-3H3/b16-10+/t18-/m1/s1. The number of furan rings is 1. The number of methoxy groups -OCH3 is 1. The van der Waals surface area contributed by atoms with Crippen LogP contribution in [0.1, 0.15) is 31.2 Å². The Balaban J connectivity index is 1.94. The fourth-order valence-corrected chi connectivity index (χ4v) is 5.20. The molecule has 0 spiro atoms. The first-order valence-electron chi connectivity index (χ1n) is 9.62. The molecular weight excluding hydrogens is 611 g/mol. The number of ether oxygens (including phenoxy) is 2. The van der Waals surface area contributed by atoms with Crippen molar-refractivity contribution in [3.8, 4) is 5.75 Å². The third-order valence-corrected chi connectivity index (χ3v) is 8.00.